The third-order valence-electron chi connectivity index (χ3n) is 3.40. The van der Waals surface area contributed by atoms with E-state index in [1.165, 1.54) is 25.4 Å². The lowest BCUT2D eigenvalue weighted by Crippen LogP contribution is -2.28. The maximum atomic E-state index is 5.80. The quantitative estimate of drug-likeness (QED) is 0.569. The predicted octanol–water partition coefficient (Wildman–Crippen LogP) is 3.83. The number of nitrogens with two attached hydrogens (primary N) is 1. The Morgan fingerprint density at radius 1 is 1.20 bits per heavy atom. The van der Waals surface area contributed by atoms with Gasteiger partial charge in [0.15, 0.2) is 0 Å². The summed E-state index contributed by atoms with van der Waals surface area (Å²) in [5.41, 5.74) is 5.29. The Hall–Kier alpha value is -1.40. The summed E-state index contributed by atoms with van der Waals surface area (Å²) >= 11 is 3.55. The van der Waals surface area contributed by atoms with Crippen molar-refractivity contribution in [3.63, 3.8) is 0 Å². The van der Waals surface area contributed by atoms with Gasteiger partial charge in [-0.25, -0.2) is 5.43 Å². The number of hydrogen-bond acceptors (Lipinski definition) is 5. The zero-order valence-corrected chi connectivity index (χ0v) is 13.0. The van der Waals surface area contributed by atoms with Crippen LogP contribution in [0.5, 0.6) is 5.75 Å². The van der Waals surface area contributed by atoms with Crippen molar-refractivity contribution in [3.05, 3.63) is 51.7 Å². The molecule has 0 saturated heterocycles. The first-order chi connectivity index (χ1) is 9.72. The van der Waals surface area contributed by atoms with E-state index in [-0.39, 0.29) is 6.04 Å². The molecule has 1 aromatic carbocycles. The highest BCUT2D eigenvalue weighted by Gasteiger charge is 2.18. The molecule has 3 rings (SSSR count). The van der Waals surface area contributed by atoms with Crippen LogP contribution >= 0.6 is 22.7 Å². The first kappa shape index (κ1) is 13.6. The van der Waals surface area contributed by atoms with Gasteiger partial charge in [0, 0.05) is 14.3 Å². The van der Waals surface area contributed by atoms with Crippen molar-refractivity contribution in [3.8, 4) is 5.75 Å². The molecule has 3 nitrogen and oxygen atoms in total. The standard InChI is InChI=1S/C15H16N2OS2/c1-9-7-10(18-2)3-4-11(9)15(17-16)14-8-13-12(20-14)5-6-19-13/h3-8,15,17H,16H2,1-2H3. The second-order valence-electron chi connectivity index (χ2n) is 4.62. The van der Waals surface area contributed by atoms with Crippen LogP contribution in [0.15, 0.2) is 35.7 Å². The van der Waals surface area contributed by atoms with Crippen molar-refractivity contribution in [1.82, 2.24) is 5.43 Å². The lowest BCUT2D eigenvalue weighted by atomic mass is 10.0. The van der Waals surface area contributed by atoms with Crippen LogP contribution in [0.25, 0.3) is 9.40 Å². The molecule has 0 saturated carbocycles. The number of rotatable bonds is 4. The van der Waals surface area contributed by atoms with E-state index >= 15 is 0 Å². The molecule has 5 heteroatoms. The average molecular weight is 304 g/mol. The van der Waals surface area contributed by atoms with E-state index in [1.54, 1.807) is 29.8 Å². The van der Waals surface area contributed by atoms with Crippen molar-refractivity contribution in [2.75, 3.05) is 7.11 Å². The Morgan fingerprint density at radius 3 is 2.70 bits per heavy atom. The lowest BCUT2D eigenvalue weighted by Gasteiger charge is -2.17. The molecule has 0 bridgehead atoms. The van der Waals surface area contributed by atoms with Crippen molar-refractivity contribution in [2.45, 2.75) is 13.0 Å². The fourth-order valence-corrected chi connectivity index (χ4v) is 4.55. The molecule has 20 heavy (non-hydrogen) atoms. The van der Waals surface area contributed by atoms with E-state index in [0.717, 1.165) is 5.75 Å². The van der Waals surface area contributed by atoms with Gasteiger partial charge < -0.3 is 4.74 Å². The summed E-state index contributed by atoms with van der Waals surface area (Å²) in [4.78, 5) is 1.24. The minimum Gasteiger partial charge on any atom is -0.497 e. The maximum absolute atomic E-state index is 5.80. The molecule has 2 heterocycles. The molecular formula is C15H16N2OS2. The Morgan fingerprint density at radius 2 is 2.05 bits per heavy atom. The summed E-state index contributed by atoms with van der Waals surface area (Å²) in [7, 11) is 1.68. The molecule has 0 aliphatic carbocycles. The molecular weight excluding hydrogens is 288 g/mol. The van der Waals surface area contributed by atoms with Gasteiger partial charge >= 0.3 is 0 Å². The number of aryl methyl sites for hydroxylation is 1. The highest BCUT2D eigenvalue weighted by Crippen LogP contribution is 2.36. The lowest BCUT2D eigenvalue weighted by molar-refractivity contribution is 0.414. The molecule has 2 aromatic heterocycles. The van der Waals surface area contributed by atoms with Crippen molar-refractivity contribution < 1.29 is 4.74 Å². The average Bonchev–Trinajstić information content (AvgIpc) is 3.02. The van der Waals surface area contributed by atoms with Crippen LogP contribution in [0.1, 0.15) is 22.0 Å². The van der Waals surface area contributed by atoms with Crippen LogP contribution in [0.2, 0.25) is 0 Å². The van der Waals surface area contributed by atoms with E-state index < -0.39 is 0 Å². The topological polar surface area (TPSA) is 47.3 Å². The fourth-order valence-electron chi connectivity index (χ4n) is 2.35. The summed E-state index contributed by atoms with van der Waals surface area (Å²) in [5, 5.41) is 2.12. The second kappa shape index (κ2) is 5.54. The molecule has 0 fully saturated rings. The zero-order chi connectivity index (χ0) is 14.1. The SMILES string of the molecule is COc1ccc(C(NN)c2cc3sccc3s2)c(C)c1. The van der Waals surface area contributed by atoms with Crippen molar-refractivity contribution in [1.29, 1.82) is 0 Å². The van der Waals surface area contributed by atoms with Crippen LogP contribution in [0.4, 0.5) is 0 Å². The van der Waals surface area contributed by atoms with Crippen molar-refractivity contribution >= 4 is 32.1 Å². The van der Waals surface area contributed by atoms with E-state index in [1.807, 2.05) is 12.1 Å². The van der Waals surface area contributed by atoms with Crippen molar-refractivity contribution in [2.24, 2.45) is 5.84 Å². The third kappa shape index (κ3) is 2.33. The smallest absolute Gasteiger partial charge is 0.119 e. The van der Waals surface area contributed by atoms with Crippen LogP contribution < -0.4 is 16.0 Å². The molecule has 0 spiro atoms. The summed E-state index contributed by atoms with van der Waals surface area (Å²) in [6, 6.07) is 10.5. The minimum atomic E-state index is 0.0190. The highest BCUT2D eigenvalue weighted by atomic mass is 32.1. The van der Waals surface area contributed by atoms with Crippen LogP contribution in [0.3, 0.4) is 0 Å². The monoisotopic (exact) mass is 304 g/mol. The Bertz CT molecular complexity index is 704. The maximum Gasteiger partial charge on any atom is 0.119 e. The van der Waals surface area contributed by atoms with Gasteiger partial charge in [-0.05, 0) is 47.7 Å². The summed E-state index contributed by atoms with van der Waals surface area (Å²) in [6.45, 7) is 2.08. The Balaban J connectivity index is 2.03. The molecule has 0 aliphatic heterocycles. The highest BCUT2D eigenvalue weighted by molar-refractivity contribution is 7.27. The van der Waals surface area contributed by atoms with Gasteiger partial charge in [-0.15, -0.1) is 22.7 Å². The number of hydrazine groups is 1. The number of hydrogen-bond donors (Lipinski definition) is 2. The zero-order valence-electron chi connectivity index (χ0n) is 11.3. The van der Waals surface area contributed by atoms with Gasteiger partial charge in [0.25, 0.3) is 0 Å². The predicted molar refractivity (Wildman–Crippen MR) is 86.6 cm³/mol. The normalized spacial score (nSPS) is 12.8. The first-order valence-corrected chi connectivity index (χ1v) is 8.00. The molecule has 104 valence electrons. The summed E-state index contributed by atoms with van der Waals surface area (Å²) in [6.07, 6.45) is 0. The summed E-state index contributed by atoms with van der Waals surface area (Å²) in [5.74, 6) is 6.67. The van der Waals surface area contributed by atoms with Crippen LogP contribution in [-0.2, 0) is 0 Å². The molecule has 0 amide bonds. The molecule has 0 aliphatic rings. The van der Waals surface area contributed by atoms with E-state index in [4.69, 9.17) is 10.6 Å². The van der Waals surface area contributed by atoms with E-state index in [9.17, 15) is 0 Å². The number of benzene rings is 1. The number of nitrogens with one attached hydrogen (secondary N) is 1. The van der Waals surface area contributed by atoms with Gasteiger partial charge in [0.2, 0.25) is 0 Å². The third-order valence-corrected chi connectivity index (χ3v) is 5.56. The van der Waals surface area contributed by atoms with Gasteiger partial charge in [-0.2, -0.15) is 0 Å². The van der Waals surface area contributed by atoms with E-state index in [0.29, 0.717) is 0 Å². The van der Waals surface area contributed by atoms with Crippen LogP contribution in [-0.4, -0.2) is 7.11 Å². The van der Waals surface area contributed by atoms with E-state index in [2.05, 4.69) is 35.9 Å². The largest absolute Gasteiger partial charge is 0.497 e. The molecule has 0 radical (unpaired) electrons. The molecule has 1 atom stereocenters. The van der Waals surface area contributed by atoms with Gasteiger partial charge in [0.05, 0.1) is 13.2 Å². The number of fused-ring (bicyclic) bond motifs is 1. The molecule has 3 N–H and O–H groups in total. The Kier molecular flexibility index (Phi) is 3.76. The number of methoxy groups -OCH3 is 1. The second-order valence-corrected chi connectivity index (χ2v) is 6.68. The van der Waals surface area contributed by atoms with Gasteiger partial charge in [-0.3, -0.25) is 5.84 Å². The molecule has 3 aromatic rings. The Labute approximate surface area is 126 Å². The summed E-state index contributed by atoms with van der Waals surface area (Å²) < 4.78 is 7.89. The first-order valence-electron chi connectivity index (χ1n) is 6.30. The fraction of sp³-hybridized carbons (Fsp3) is 0.200. The van der Waals surface area contributed by atoms with Crippen LogP contribution in [0, 0.1) is 6.92 Å². The van der Waals surface area contributed by atoms with Gasteiger partial charge in [-0.1, -0.05) is 6.07 Å². The van der Waals surface area contributed by atoms with Gasteiger partial charge in [0.1, 0.15) is 5.75 Å². The minimum absolute atomic E-state index is 0.0190. The molecule has 1 unspecified atom stereocenters. The number of ether oxygens (including phenoxy) is 1. The number of thiophene rings is 2.